The maximum atomic E-state index is 6.58. The molecular weight excluding hydrogens is 384 g/mol. The van der Waals surface area contributed by atoms with Crippen molar-refractivity contribution in [2.24, 2.45) is 10.9 Å². The number of para-hydroxylation sites is 1. The Kier molecular flexibility index (Phi) is 5.00. The van der Waals surface area contributed by atoms with Gasteiger partial charge in [0.05, 0.1) is 24.3 Å². The van der Waals surface area contributed by atoms with E-state index in [0.29, 0.717) is 5.92 Å². The number of benzene rings is 2. The van der Waals surface area contributed by atoms with Crippen LogP contribution in [0.15, 0.2) is 65.8 Å². The molecule has 2 atom stereocenters. The molecule has 0 aliphatic carbocycles. The van der Waals surface area contributed by atoms with Crippen LogP contribution in [0.4, 0.5) is 5.69 Å². The van der Waals surface area contributed by atoms with Crippen LogP contribution in [0.1, 0.15) is 17.6 Å². The van der Waals surface area contributed by atoms with E-state index in [1.165, 1.54) is 6.42 Å². The Bertz CT molecular complexity index is 1010. The minimum absolute atomic E-state index is 0.334. The first-order valence-electron chi connectivity index (χ1n) is 9.97. The van der Waals surface area contributed by atoms with Crippen molar-refractivity contribution < 1.29 is 4.74 Å². The van der Waals surface area contributed by atoms with Gasteiger partial charge in [-0.05, 0) is 42.8 Å². The van der Waals surface area contributed by atoms with Gasteiger partial charge in [0.25, 0.3) is 0 Å². The van der Waals surface area contributed by atoms with Gasteiger partial charge in [0, 0.05) is 29.9 Å². The van der Waals surface area contributed by atoms with Crippen molar-refractivity contribution in [3.63, 3.8) is 0 Å². The standard InChI is InChI=1S/C23H23ClN4O/c24-23-22-21(26-15-27-23)20(13-28(22)18-4-2-1-3-5-18)17-6-8-19(9-7-17)29-14-16-10-11-25-12-16/h1-9,13,15-16,23,25H,10-12,14H2,(H,26,27). The number of rotatable bonds is 5. The molecule has 1 saturated heterocycles. The van der Waals surface area contributed by atoms with Crippen molar-refractivity contribution in [2.75, 3.05) is 19.7 Å². The van der Waals surface area contributed by atoms with E-state index >= 15 is 0 Å². The average molecular weight is 407 g/mol. The quantitative estimate of drug-likeness (QED) is 0.479. The zero-order valence-electron chi connectivity index (χ0n) is 16.0. The summed E-state index contributed by atoms with van der Waals surface area (Å²) >= 11 is 6.58. The van der Waals surface area contributed by atoms with Crippen LogP contribution >= 0.6 is 11.6 Å². The molecule has 2 aromatic carbocycles. The van der Waals surface area contributed by atoms with Gasteiger partial charge < -0.3 is 19.9 Å². The molecule has 29 heavy (non-hydrogen) atoms. The first-order valence-corrected chi connectivity index (χ1v) is 10.4. The van der Waals surface area contributed by atoms with E-state index in [9.17, 15) is 0 Å². The van der Waals surface area contributed by atoms with Gasteiger partial charge in [0.2, 0.25) is 0 Å². The molecular formula is C23H23ClN4O. The van der Waals surface area contributed by atoms with Crippen molar-refractivity contribution >= 4 is 23.6 Å². The van der Waals surface area contributed by atoms with Gasteiger partial charge in [0.1, 0.15) is 11.3 Å². The van der Waals surface area contributed by atoms with Crippen molar-refractivity contribution in [2.45, 2.75) is 11.9 Å². The zero-order valence-corrected chi connectivity index (χ0v) is 16.8. The molecule has 1 fully saturated rings. The summed E-state index contributed by atoms with van der Waals surface area (Å²) in [7, 11) is 0. The lowest BCUT2D eigenvalue weighted by molar-refractivity contribution is 0.260. The van der Waals surface area contributed by atoms with E-state index < -0.39 is 0 Å². The molecule has 2 N–H and O–H groups in total. The summed E-state index contributed by atoms with van der Waals surface area (Å²) in [5, 5.41) is 6.47. The fourth-order valence-electron chi connectivity index (χ4n) is 3.95. The van der Waals surface area contributed by atoms with Crippen molar-refractivity contribution in [3.8, 4) is 22.6 Å². The fraction of sp³-hybridized carbons (Fsp3) is 0.261. The fourth-order valence-corrected chi connectivity index (χ4v) is 4.22. The maximum absolute atomic E-state index is 6.58. The number of nitrogens with one attached hydrogen (secondary N) is 2. The van der Waals surface area contributed by atoms with E-state index in [-0.39, 0.29) is 5.50 Å². The molecule has 5 rings (SSSR count). The Labute approximate surface area is 175 Å². The summed E-state index contributed by atoms with van der Waals surface area (Å²) < 4.78 is 8.09. The molecule has 2 aliphatic heterocycles. The second-order valence-corrected chi connectivity index (χ2v) is 7.90. The number of alkyl halides is 1. The van der Waals surface area contributed by atoms with Crippen molar-refractivity contribution in [1.29, 1.82) is 0 Å². The number of hydrogen-bond donors (Lipinski definition) is 2. The predicted molar refractivity (Wildman–Crippen MR) is 118 cm³/mol. The van der Waals surface area contributed by atoms with Crippen molar-refractivity contribution in [3.05, 3.63) is 66.5 Å². The Morgan fingerprint density at radius 3 is 2.69 bits per heavy atom. The topological polar surface area (TPSA) is 50.6 Å². The number of ether oxygens (including phenoxy) is 1. The van der Waals surface area contributed by atoms with Gasteiger partial charge in [-0.25, -0.2) is 4.99 Å². The van der Waals surface area contributed by atoms with Crippen LogP contribution in [-0.2, 0) is 0 Å². The zero-order chi connectivity index (χ0) is 19.6. The molecule has 0 bridgehead atoms. The molecule has 0 radical (unpaired) electrons. The molecule has 6 heteroatoms. The van der Waals surface area contributed by atoms with Gasteiger partial charge in [-0.1, -0.05) is 41.9 Å². The van der Waals surface area contributed by atoms with Crippen LogP contribution < -0.4 is 15.4 Å². The van der Waals surface area contributed by atoms with Gasteiger partial charge in [-0.15, -0.1) is 0 Å². The average Bonchev–Trinajstić information content (AvgIpc) is 3.42. The molecule has 0 spiro atoms. The third-order valence-electron chi connectivity index (χ3n) is 5.52. The largest absolute Gasteiger partial charge is 0.493 e. The predicted octanol–water partition coefficient (Wildman–Crippen LogP) is 4.63. The second kappa shape index (κ2) is 7.93. The smallest absolute Gasteiger partial charge is 0.145 e. The lowest BCUT2D eigenvalue weighted by Crippen LogP contribution is -2.20. The lowest BCUT2D eigenvalue weighted by atomic mass is 10.1. The summed E-state index contributed by atoms with van der Waals surface area (Å²) in [5.41, 5.74) is 4.72. The highest BCUT2D eigenvalue weighted by Crippen LogP contribution is 2.42. The van der Waals surface area contributed by atoms with Gasteiger partial charge >= 0.3 is 0 Å². The SMILES string of the molecule is ClC1NC=Nc2c(-c3ccc(OCC4CCNC4)cc3)cn(-c3ccccc3)c21. The van der Waals surface area contributed by atoms with E-state index in [4.69, 9.17) is 16.3 Å². The Balaban J connectivity index is 1.46. The molecule has 1 aromatic heterocycles. The molecule has 0 amide bonds. The number of nitrogens with zero attached hydrogens (tertiary/aromatic N) is 2. The molecule has 0 saturated carbocycles. The molecule has 2 unspecified atom stereocenters. The summed E-state index contributed by atoms with van der Waals surface area (Å²) in [6.45, 7) is 2.90. The number of fused-ring (bicyclic) bond motifs is 1. The Morgan fingerprint density at radius 2 is 1.93 bits per heavy atom. The van der Waals surface area contributed by atoms with Crippen LogP contribution in [0.3, 0.4) is 0 Å². The van der Waals surface area contributed by atoms with E-state index in [1.807, 2.05) is 30.3 Å². The van der Waals surface area contributed by atoms with Crippen LogP contribution in [0, 0.1) is 5.92 Å². The summed E-state index contributed by atoms with van der Waals surface area (Å²) in [6.07, 6.45) is 4.97. The maximum Gasteiger partial charge on any atom is 0.145 e. The van der Waals surface area contributed by atoms with Crippen LogP contribution in [0.25, 0.3) is 16.8 Å². The highest BCUT2D eigenvalue weighted by Gasteiger charge is 2.25. The van der Waals surface area contributed by atoms with Crippen LogP contribution in [0.5, 0.6) is 5.75 Å². The van der Waals surface area contributed by atoms with Gasteiger partial charge in [-0.2, -0.15) is 0 Å². The van der Waals surface area contributed by atoms with Crippen LogP contribution in [0.2, 0.25) is 0 Å². The number of aromatic nitrogens is 1. The van der Waals surface area contributed by atoms with Crippen LogP contribution in [-0.4, -0.2) is 30.6 Å². The molecule has 2 aliphatic rings. The number of halogens is 1. The minimum atomic E-state index is -0.334. The minimum Gasteiger partial charge on any atom is -0.493 e. The number of aliphatic imine (C=N–C) groups is 1. The molecule has 3 heterocycles. The first kappa shape index (κ1) is 18.3. The normalized spacial score (nSPS) is 20.3. The summed E-state index contributed by atoms with van der Waals surface area (Å²) in [4.78, 5) is 4.60. The van der Waals surface area contributed by atoms with E-state index in [0.717, 1.165) is 53.6 Å². The molecule has 5 nitrogen and oxygen atoms in total. The summed E-state index contributed by atoms with van der Waals surface area (Å²) in [6, 6.07) is 18.4. The Morgan fingerprint density at radius 1 is 1.10 bits per heavy atom. The first-order chi connectivity index (χ1) is 14.3. The van der Waals surface area contributed by atoms with E-state index in [1.54, 1.807) is 6.34 Å². The molecule has 148 valence electrons. The van der Waals surface area contributed by atoms with E-state index in [2.05, 4.69) is 50.7 Å². The van der Waals surface area contributed by atoms with Gasteiger partial charge in [-0.3, -0.25) is 0 Å². The van der Waals surface area contributed by atoms with Gasteiger partial charge in [0.15, 0.2) is 0 Å². The monoisotopic (exact) mass is 406 g/mol. The third kappa shape index (κ3) is 3.63. The highest BCUT2D eigenvalue weighted by atomic mass is 35.5. The number of hydrogen-bond acceptors (Lipinski definition) is 4. The van der Waals surface area contributed by atoms with Crippen molar-refractivity contribution in [1.82, 2.24) is 15.2 Å². The lowest BCUT2D eigenvalue weighted by Gasteiger charge is -2.18. The highest BCUT2D eigenvalue weighted by molar-refractivity contribution is 6.22. The Hall–Kier alpha value is -2.76. The third-order valence-corrected chi connectivity index (χ3v) is 5.85. The summed E-state index contributed by atoms with van der Waals surface area (Å²) in [5.74, 6) is 1.50. The molecule has 3 aromatic rings. The second-order valence-electron chi connectivity index (χ2n) is 7.46.